The smallest absolute Gasteiger partial charge is 0.280 e. The van der Waals surface area contributed by atoms with Crippen LogP contribution in [-0.4, -0.2) is 18.2 Å². The Kier molecular flexibility index (Phi) is 6.46. The number of nitrogens with one attached hydrogen (secondary N) is 3. The van der Waals surface area contributed by atoms with Gasteiger partial charge in [0.2, 0.25) is 0 Å². The van der Waals surface area contributed by atoms with Gasteiger partial charge >= 0.3 is 0 Å². The molecule has 3 N–H and O–H groups in total. The monoisotopic (exact) mass is 544 g/mol. The fourth-order valence-electron chi connectivity index (χ4n) is 3.07. The average Bonchev–Trinajstić information content (AvgIpc) is 3.07. The van der Waals surface area contributed by atoms with Gasteiger partial charge in [0, 0.05) is 21.4 Å². The van der Waals surface area contributed by atoms with Gasteiger partial charge in [-0.2, -0.15) is 0 Å². The summed E-state index contributed by atoms with van der Waals surface area (Å²) in [6.45, 7) is 3.88. The van der Waals surface area contributed by atoms with Gasteiger partial charge in [-0.15, -0.1) is 0 Å². The molecule has 0 unspecified atom stereocenters. The highest BCUT2D eigenvalue weighted by atomic mass is 79.9. The van der Waals surface area contributed by atoms with Crippen LogP contribution in [0.4, 0.5) is 11.4 Å². The second-order valence-electron chi connectivity index (χ2n) is 7.02. The molecule has 4 aromatic rings. The van der Waals surface area contributed by atoms with Gasteiger partial charge in [-0.25, -0.2) is 13.1 Å². The van der Waals surface area contributed by atoms with Crippen molar-refractivity contribution in [3.8, 4) is 5.69 Å². The Bertz CT molecular complexity index is 1600. The fourth-order valence-corrected chi connectivity index (χ4v) is 4.85. The van der Waals surface area contributed by atoms with Crippen LogP contribution in [-0.2, 0) is 10.0 Å². The van der Waals surface area contributed by atoms with E-state index >= 15 is 0 Å². The van der Waals surface area contributed by atoms with Gasteiger partial charge < -0.3 is 5.32 Å². The first kappa shape index (κ1) is 22.9. The number of anilines is 2. The third-order valence-electron chi connectivity index (χ3n) is 4.74. The second kappa shape index (κ2) is 9.30. The van der Waals surface area contributed by atoms with Crippen molar-refractivity contribution in [3.63, 3.8) is 0 Å². The summed E-state index contributed by atoms with van der Waals surface area (Å²) in [6.07, 6.45) is 1.52. The molecule has 0 atom stereocenters. The maximum Gasteiger partial charge on any atom is 0.280 e. The molecule has 0 aliphatic rings. The van der Waals surface area contributed by atoms with Crippen LogP contribution >= 0.6 is 27.5 Å². The summed E-state index contributed by atoms with van der Waals surface area (Å²) >= 11 is 9.34. The molecule has 7 nitrogen and oxygen atoms in total. The number of H-pyrrole nitrogens is 1. The topological polar surface area (TPSA) is 96.0 Å². The molecule has 0 spiro atoms. The number of hydrogen-bond acceptors (Lipinski definition) is 4. The van der Waals surface area contributed by atoms with Gasteiger partial charge in [-0.05, 0) is 70.5 Å². The van der Waals surface area contributed by atoms with Gasteiger partial charge in [0.1, 0.15) is 0 Å². The van der Waals surface area contributed by atoms with Crippen molar-refractivity contribution >= 4 is 61.7 Å². The lowest BCUT2D eigenvalue weighted by Gasteiger charge is -2.10. The van der Waals surface area contributed by atoms with Gasteiger partial charge in [0.05, 0.1) is 26.8 Å². The van der Waals surface area contributed by atoms with Gasteiger partial charge in [-0.1, -0.05) is 36.4 Å². The summed E-state index contributed by atoms with van der Waals surface area (Å²) < 4.78 is 29.9. The molecule has 168 valence electrons. The van der Waals surface area contributed by atoms with Crippen LogP contribution in [0.3, 0.4) is 0 Å². The zero-order chi connectivity index (χ0) is 23.6. The molecule has 0 aliphatic carbocycles. The van der Waals surface area contributed by atoms with Crippen LogP contribution in [0.25, 0.3) is 18.5 Å². The van der Waals surface area contributed by atoms with Gasteiger partial charge in [-0.3, -0.25) is 14.6 Å². The summed E-state index contributed by atoms with van der Waals surface area (Å²) in [4.78, 5) is 12.9. The van der Waals surface area contributed by atoms with E-state index in [0.29, 0.717) is 37.1 Å². The largest absolute Gasteiger partial charge is 0.361 e. The van der Waals surface area contributed by atoms with E-state index < -0.39 is 10.0 Å². The van der Waals surface area contributed by atoms with Crippen molar-refractivity contribution in [3.05, 3.63) is 103 Å². The minimum absolute atomic E-state index is 0.103. The van der Waals surface area contributed by atoms with E-state index in [9.17, 15) is 13.2 Å². The number of para-hydroxylation sites is 1. The van der Waals surface area contributed by atoms with Gasteiger partial charge in [0.15, 0.2) is 0 Å². The van der Waals surface area contributed by atoms with Gasteiger partial charge in [0.25, 0.3) is 15.6 Å². The highest BCUT2D eigenvalue weighted by Gasteiger charge is 2.15. The number of benzene rings is 3. The highest BCUT2D eigenvalue weighted by Crippen LogP contribution is 2.25. The molecular formula is C23H18BrClN4O3S. The van der Waals surface area contributed by atoms with Crippen LogP contribution < -0.4 is 26.2 Å². The zero-order valence-electron chi connectivity index (χ0n) is 17.0. The highest BCUT2D eigenvalue weighted by molar-refractivity contribution is 9.10. The number of rotatable bonds is 6. The fraction of sp³-hybridized carbons (Fsp3) is 0. The Hall–Kier alpha value is -3.27. The van der Waals surface area contributed by atoms with Crippen LogP contribution in [0, 0.1) is 0 Å². The van der Waals surface area contributed by atoms with Crippen molar-refractivity contribution < 1.29 is 8.42 Å². The third-order valence-corrected chi connectivity index (χ3v) is 7.05. The molecule has 1 heterocycles. The minimum atomic E-state index is -3.76. The van der Waals surface area contributed by atoms with E-state index in [1.807, 2.05) is 0 Å². The molecule has 0 amide bonds. The van der Waals surface area contributed by atoms with Crippen molar-refractivity contribution in [2.24, 2.45) is 0 Å². The zero-order valence-corrected chi connectivity index (χ0v) is 20.2. The van der Waals surface area contributed by atoms with Crippen molar-refractivity contribution in [2.75, 3.05) is 10.0 Å². The predicted octanol–water partition coefficient (Wildman–Crippen LogP) is 3.64. The molecule has 1 aromatic heterocycles. The first-order chi connectivity index (χ1) is 15.7. The van der Waals surface area contributed by atoms with E-state index in [1.165, 1.54) is 23.0 Å². The Balaban J connectivity index is 1.56. The number of nitrogens with zero attached hydrogens (tertiary/aromatic N) is 1. The van der Waals surface area contributed by atoms with Crippen LogP contribution in [0.1, 0.15) is 0 Å². The minimum Gasteiger partial charge on any atom is -0.361 e. The lowest BCUT2D eigenvalue weighted by molar-refractivity contribution is 0.601. The quantitative estimate of drug-likeness (QED) is 0.345. The number of hydrogen-bond donors (Lipinski definition) is 3. The van der Waals surface area contributed by atoms with Crippen LogP contribution in [0.5, 0.6) is 0 Å². The summed E-state index contributed by atoms with van der Waals surface area (Å²) in [5.41, 5.74) is 1.33. The molecular weight excluding hydrogens is 528 g/mol. The van der Waals surface area contributed by atoms with Crippen molar-refractivity contribution in [1.82, 2.24) is 9.78 Å². The molecule has 0 aliphatic heterocycles. The Morgan fingerprint density at radius 2 is 1.76 bits per heavy atom. The standard InChI is InChI=1S/C23H18BrClN4O3S/c1-15-20(23(30)29(27-15)18-6-4-5-16(25)13-18)14-26-17-9-11-19(12-10-17)33(31,32)28-22-8-3-2-7-21(22)24/h2-14,26-28H,1H2. The van der Waals surface area contributed by atoms with E-state index in [1.54, 1.807) is 60.7 Å². The van der Waals surface area contributed by atoms with E-state index in [4.69, 9.17) is 11.6 Å². The first-order valence-corrected chi connectivity index (χ1v) is 12.3. The Morgan fingerprint density at radius 3 is 2.45 bits per heavy atom. The number of aromatic nitrogens is 2. The summed E-state index contributed by atoms with van der Waals surface area (Å²) in [5, 5.41) is 7.19. The van der Waals surface area contributed by atoms with E-state index in [0.717, 1.165) is 0 Å². The van der Waals surface area contributed by atoms with Crippen molar-refractivity contribution in [2.45, 2.75) is 4.90 Å². The average molecular weight is 546 g/mol. The second-order valence-corrected chi connectivity index (χ2v) is 10.00. The lowest BCUT2D eigenvalue weighted by atomic mass is 10.3. The maximum atomic E-state index is 12.8. The number of sulfonamides is 1. The van der Waals surface area contributed by atoms with Crippen molar-refractivity contribution in [1.29, 1.82) is 0 Å². The molecule has 10 heteroatoms. The lowest BCUT2D eigenvalue weighted by Crippen LogP contribution is -2.34. The molecule has 4 rings (SSSR count). The Morgan fingerprint density at radius 1 is 1.03 bits per heavy atom. The summed E-state index contributed by atoms with van der Waals surface area (Å²) in [7, 11) is -3.76. The molecule has 0 radical (unpaired) electrons. The van der Waals surface area contributed by atoms with E-state index in [-0.39, 0.29) is 10.5 Å². The van der Waals surface area contributed by atoms with Crippen LogP contribution in [0.15, 0.2) is 87.0 Å². The number of aromatic amines is 1. The molecule has 0 saturated heterocycles. The molecule has 0 bridgehead atoms. The summed E-state index contributed by atoms with van der Waals surface area (Å²) in [5.74, 6) is 0. The molecule has 0 saturated carbocycles. The Labute approximate surface area is 203 Å². The normalized spacial score (nSPS) is 12.0. The molecule has 0 fully saturated rings. The maximum absolute atomic E-state index is 12.8. The number of halogens is 2. The third kappa shape index (κ3) is 5.05. The molecule has 3 aromatic carbocycles. The SMILES string of the molecule is C=c1[nH]n(-c2cccc(Cl)c2)c(=O)c1=CNc1ccc(S(=O)(=O)Nc2ccccc2Br)cc1. The van der Waals surface area contributed by atoms with Crippen LogP contribution in [0.2, 0.25) is 5.02 Å². The predicted molar refractivity (Wildman–Crippen MR) is 136 cm³/mol. The van der Waals surface area contributed by atoms with E-state index in [2.05, 4.69) is 37.6 Å². The summed E-state index contributed by atoms with van der Waals surface area (Å²) in [6, 6.07) is 20.0. The first-order valence-electron chi connectivity index (χ1n) is 9.65. The molecule has 33 heavy (non-hydrogen) atoms.